The first-order valence-corrected chi connectivity index (χ1v) is 11.8. The Kier molecular flexibility index (Phi) is 4.81. The lowest BCUT2D eigenvalue weighted by molar-refractivity contribution is -0.169. The van der Waals surface area contributed by atoms with Crippen molar-refractivity contribution in [1.82, 2.24) is 0 Å². The van der Waals surface area contributed by atoms with E-state index in [1.165, 1.54) is 32.1 Å². The van der Waals surface area contributed by atoms with Crippen molar-refractivity contribution < 1.29 is 14.6 Å². The van der Waals surface area contributed by atoms with Crippen LogP contribution < -0.4 is 0 Å². The summed E-state index contributed by atoms with van der Waals surface area (Å²) in [7, 11) is 0. The molecular weight excluding hydrogens is 360 g/mol. The summed E-state index contributed by atoms with van der Waals surface area (Å²) in [6.07, 6.45) is 10.2. The molecule has 3 nitrogen and oxygen atoms in total. The first-order valence-electron chi connectivity index (χ1n) is 11.8. The lowest BCUT2D eigenvalue weighted by atomic mass is 9.44. The van der Waals surface area contributed by atoms with Crippen LogP contribution in [0.3, 0.4) is 0 Å². The van der Waals surface area contributed by atoms with Crippen LogP contribution in [0, 0.1) is 34.5 Å². The zero-order chi connectivity index (χ0) is 20.2. The normalized spacial score (nSPS) is 46.3. The van der Waals surface area contributed by atoms with Gasteiger partial charge in [0.15, 0.2) is 0 Å². The molecule has 0 radical (unpaired) electrons. The first-order chi connectivity index (χ1) is 13.9. The number of benzene rings is 1. The number of rotatable bonds is 2. The molecule has 8 atom stereocenters. The Hall–Kier alpha value is -1.35. The van der Waals surface area contributed by atoms with Crippen molar-refractivity contribution >= 4 is 5.97 Å². The molecule has 29 heavy (non-hydrogen) atoms. The highest BCUT2D eigenvalue weighted by Crippen LogP contribution is 2.66. The van der Waals surface area contributed by atoms with Gasteiger partial charge in [-0.1, -0.05) is 38.5 Å². The predicted octanol–water partition coefficient (Wildman–Crippen LogP) is 5.62. The monoisotopic (exact) mass is 396 g/mol. The van der Waals surface area contributed by atoms with Crippen LogP contribution in [-0.4, -0.2) is 23.3 Å². The highest BCUT2D eigenvalue weighted by Gasteiger charge is 2.61. The number of aliphatic hydroxyl groups is 1. The molecule has 0 bridgehead atoms. The molecule has 1 N–H and O–H groups in total. The number of fused-ring (bicyclic) bond motifs is 5. The van der Waals surface area contributed by atoms with E-state index in [1.54, 1.807) is 0 Å². The molecule has 0 unspecified atom stereocenters. The molecule has 158 valence electrons. The molecule has 0 heterocycles. The highest BCUT2D eigenvalue weighted by molar-refractivity contribution is 5.89. The summed E-state index contributed by atoms with van der Waals surface area (Å²) in [5, 5.41) is 10.4. The number of esters is 1. The van der Waals surface area contributed by atoms with Gasteiger partial charge in [0.25, 0.3) is 0 Å². The fourth-order valence-electron chi connectivity index (χ4n) is 8.07. The smallest absolute Gasteiger partial charge is 0.338 e. The lowest BCUT2D eigenvalue weighted by Gasteiger charge is -2.62. The summed E-state index contributed by atoms with van der Waals surface area (Å²) < 4.78 is 6.31. The highest BCUT2D eigenvalue weighted by atomic mass is 16.5. The Balaban J connectivity index is 1.48. The second-order valence-electron chi connectivity index (χ2n) is 11.1. The zero-order valence-corrected chi connectivity index (χ0v) is 18.0. The number of aliphatic hydroxyl groups excluding tert-OH is 1. The van der Waals surface area contributed by atoms with Crippen LogP contribution in [0.15, 0.2) is 30.3 Å². The average molecular weight is 397 g/mol. The minimum atomic E-state index is -0.185. The minimum Gasteiger partial charge on any atom is -0.458 e. The van der Waals surface area contributed by atoms with Gasteiger partial charge in [-0.15, -0.1) is 0 Å². The van der Waals surface area contributed by atoms with Gasteiger partial charge in [0.1, 0.15) is 6.10 Å². The van der Waals surface area contributed by atoms with Gasteiger partial charge in [-0.3, -0.25) is 0 Å². The molecule has 1 aromatic carbocycles. The van der Waals surface area contributed by atoms with Gasteiger partial charge >= 0.3 is 5.97 Å². The van der Waals surface area contributed by atoms with E-state index in [-0.39, 0.29) is 18.2 Å². The molecule has 0 amide bonds. The van der Waals surface area contributed by atoms with E-state index in [0.29, 0.717) is 40.1 Å². The van der Waals surface area contributed by atoms with Crippen molar-refractivity contribution in [2.75, 3.05) is 0 Å². The number of hydrogen-bond acceptors (Lipinski definition) is 3. The third-order valence-corrected chi connectivity index (χ3v) is 9.68. The Bertz CT molecular complexity index is 760. The number of carbonyl (C=O) groups excluding carboxylic acids is 1. The molecule has 4 saturated carbocycles. The fourth-order valence-corrected chi connectivity index (χ4v) is 8.07. The molecule has 0 aliphatic heterocycles. The van der Waals surface area contributed by atoms with Crippen LogP contribution in [-0.2, 0) is 4.74 Å². The zero-order valence-electron chi connectivity index (χ0n) is 18.0. The Morgan fingerprint density at radius 2 is 1.79 bits per heavy atom. The fraction of sp³-hybridized carbons (Fsp3) is 0.731. The van der Waals surface area contributed by atoms with E-state index in [0.717, 1.165) is 25.7 Å². The maximum atomic E-state index is 13.0. The summed E-state index contributed by atoms with van der Waals surface area (Å²) in [4.78, 5) is 13.0. The molecular formula is C26H36O3. The van der Waals surface area contributed by atoms with Gasteiger partial charge in [-0.05, 0) is 92.1 Å². The molecule has 4 fully saturated rings. The molecule has 0 saturated heterocycles. The average Bonchev–Trinajstić information content (AvgIpc) is 3.11. The predicted molar refractivity (Wildman–Crippen MR) is 113 cm³/mol. The number of ether oxygens (including phenoxy) is 1. The van der Waals surface area contributed by atoms with E-state index < -0.39 is 0 Å². The standard InChI is InChI=1S/C26H36O3/c1-25-12-6-9-20(25)23-21(11-13-25)26(2)14-10-19(27)15-18(26)16-22(23)29-24(28)17-7-4-3-5-8-17/h3-5,7-8,18-23,27H,6,9-16H2,1-2H3/t18-,19-,20+,21+,22-,23+,25+,26+/m1/s1. The van der Waals surface area contributed by atoms with Crippen molar-refractivity contribution in [3.05, 3.63) is 35.9 Å². The van der Waals surface area contributed by atoms with E-state index in [2.05, 4.69) is 13.8 Å². The lowest BCUT2D eigenvalue weighted by Crippen LogP contribution is -2.58. The largest absolute Gasteiger partial charge is 0.458 e. The second kappa shape index (κ2) is 7.11. The summed E-state index contributed by atoms with van der Waals surface area (Å²) in [6.45, 7) is 4.99. The van der Waals surface area contributed by atoms with E-state index >= 15 is 0 Å². The van der Waals surface area contributed by atoms with Crippen LogP contribution in [0.1, 0.15) is 82.0 Å². The van der Waals surface area contributed by atoms with Gasteiger partial charge in [0, 0.05) is 5.92 Å². The summed E-state index contributed by atoms with van der Waals surface area (Å²) in [5.74, 6) is 2.09. The third kappa shape index (κ3) is 3.15. The van der Waals surface area contributed by atoms with Crippen molar-refractivity contribution in [3.8, 4) is 0 Å². The van der Waals surface area contributed by atoms with Crippen LogP contribution >= 0.6 is 0 Å². The summed E-state index contributed by atoms with van der Waals surface area (Å²) in [5.41, 5.74) is 1.38. The van der Waals surface area contributed by atoms with Crippen LogP contribution in [0.25, 0.3) is 0 Å². The minimum absolute atomic E-state index is 0.00111. The van der Waals surface area contributed by atoms with Gasteiger partial charge in [0.05, 0.1) is 11.7 Å². The van der Waals surface area contributed by atoms with Crippen molar-refractivity contribution in [2.45, 2.75) is 83.8 Å². The van der Waals surface area contributed by atoms with Crippen molar-refractivity contribution in [2.24, 2.45) is 34.5 Å². The van der Waals surface area contributed by atoms with E-state index in [9.17, 15) is 9.90 Å². The Morgan fingerprint density at radius 1 is 1.00 bits per heavy atom. The van der Waals surface area contributed by atoms with Gasteiger partial charge < -0.3 is 9.84 Å². The number of carbonyl (C=O) groups is 1. The number of hydrogen-bond donors (Lipinski definition) is 1. The topological polar surface area (TPSA) is 46.5 Å². The molecule has 3 heteroatoms. The molecule has 4 aliphatic rings. The van der Waals surface area contributed by atoms with Crippen LogP contribution in [0.4, 0.5) is 0 Å². The van der Waals surface area contributed by atoms with Crippen LogP contribution in [0.5, 0.6) is 0 Å². The maximum Gasteiger partial charge on any atom is 0.338 e. The molecule has 4 aliphatic carbocycles. The van der Waals surface area contributed by atoms with Gasteiger partial charge in [-0.25, -0.2) is 4.79 Å². The maximum absolute atomic E-state index is 13.0. The van der Waals surface area contributed by atoms with Crippen molar-refractivity contribution in [1.29, 1.82) is 0 Å². The van der Waals surface area contributed by atoms with Gasteiger partial charge in [0.2, 0.25) is 0 Å². The molecule has 1 aromatic rings. The molecule has 5 rings (SSSR count). The Labute approximate surface area is 175 Å². The summed E-state index contributed by atoms with van der Waals surface area (Å²) in [6, 6.07) is 9.47. The van der Waals surface area contributed by atoms with Crippen molar-refractivity contribution in [3.63, 3.8) is 0 Å². The van der Waals surface area contributed by atoms with E-state index in [4.69, 9.17) is 4.74 Å². The molecule has 0 spiro atoms. The molecule has 0 aromatic heterocycles. The summed E-state index contributed by atoms with van der Waals surface area (Å²) >= 11 is 0. The van der Waals surface area contributed by atoms with E-state index in [1.807, 2.05) is 30.3 Å². The van der Waals surface area contributed by atoms with Crippen LogP contribution in [0.2, 0.25) is 0 Å². The Morgan fingerprint density at radius 3 is 2.59 bits per heavy atom. The van der Waals surface area contributed by atoms with Gasteiger partial charge in [-0.2, -0.15) is 0 Å². The third-order valence-electron chi connectivity index (χ3n) is 9.68. The first kappa shape index (κ1) is 19.6. The SMILES string of the molecule is C[C@@]12CCC[C@H]1[C@@H]1[C@H](OC(=O)c3ccccc3)C[C@H]3C[C@H](O)CC[C@]3(C)[C@H]1CC2. The second-order valence-corrected chi connectivity index (χ2v) is 11.1. The quantitative estimate of drug-likeness (QED) is 0.660.